The van der Waals surface area contributed by atoms with Crippen LogP contribution in [0.4, 0.5) is 0 Å². The van der Waals surface area contributed by atoms with Gasteiger partial charge in [0.1, 0.15) is 0 Å². The molecule has 0 fully saturated rings. The van der Waals surface area contributed by atoms with E-state index in [4.69, 9.17) is 11.6 Å². The molecule has 2 aromatic rings. The number of hydrogen-bond acceptors (Lipinski definition) is 3. The maximum absolute atomic E-state index is 5.86. The fraction of sp³-hybridized carbons (Fsp3) is 0.0909. The second-order valence-electron chi connectivity index (χ2n) is 2.96. The molecule has 0 spiro atoms. The maximum Gasteiger partial charge on any atom is 0.0977 e. The van der Waals surface area contributed by atoms with Crippen LogP contribution in [-0.2, 0) is 5.75 Å². The van der Waals surface area contributed by atoms with Gasteiger partial charge in [-0.15, -0.1) is 11.8 Å². The van der Waals surface area contributed by atoms with Crippen molar-refractivity contribution in [2.24, 2.45) is 0 Å². The van der Waals surface area contributed by atoms with Crippen LogP contribution in [0.25, 0.3) is 0 Å². The number of hydrogen-bond donors (Lipinski definition) is 0. The zero-order valence-corrected chi connectivity index (χ0v) is 9.50. The summed E-state index contributed by atoms with van der Waals surface area (Å²) in [5.41, 5.74) is 1.23. The molecule has 4 heteroatoms. The van der Waals surface area contributed by atoms with E-state index in [9.17, 15) is 0 Å². The fourth-order valence-electron chi connectivity index (χ4n) is 1.10. The quantitative estimate of drug-likeness (QED) is 0.764. The van der Waals surface area contributed by atoms with Crippen molar-refractivity contribution >= 4 is 23.4 Å². The van der Waals surface area contributed by atoms with Crippen LogP contribution in [0.3, 0.4) is 0 Å². The molecule has 0 atom stereocenters. The number of halogens is 1. The molecule has 2 aromatic heterocycles. The van der Waals surface area contributed by atoms with E-state index in [-0.39, 0.29) is 0 Å². The zero-order chi connectivity index (χ0) is 10.5. The van der Waals surface area contributed by atoms with Crippen molar-refractivity contribution in [1.29, 1.82) is 0 Å². The molecular formula is C11H9ClN2S. The Balaban J connectivity index is 1.99. The third-order valence-corrected chi connectivity index (χ3v) is 3.06. The minimum atomic E-state index is 0.724. The topological polar surface area (TPSA) is 25.8 Å². The molecule has 0 unspecified atom stereocenters. The highest BCUT2D eigenvalue weighted by Crippen LogP contribution is 2.22. The van der Waals surface area contributed by atoms with E-state index in [1.165, 1.54) is 5.56 Å². The Kier molecular flexibility index (Phi) is 3.59. The van der Waals surface area contributed by atoms with Gasteiger partial charge in [0, 0.05) is 29.4 Å². The van der Waals surface area contributed by atoms with E-state index < -0.39 is 0 Å². The van der Waals surface area contributed by atoms with Gasteiger partial charge in [-0.1, -0.05) is 11.6 Å². The zero-order valence-electron chi connectivity index (χ0n) is 7.93. The first kappa shape index (κ1) is 10.5. The molecule has 15 heavy (non-hydrogen) atoms. The molecule has 2 heterocycles. The van der Waals surface area contributed by atoms with Crippen molar-refractivity contribution in [3.8, 4) is 0 Å². The van der Waals surface area contributed by atoms with Crippen molar-refractivity contribution in [3.05, 3.63) is 53.4 Å². The lowest BCUT2D eigenvalue weighted by molar-refractivity contribution is 1.13. The molecule has 0 amide bonds. The molecule has 0 radical (unpaired) electrons. The Bertz CT molecular complexity index is 434. The first-order valence-corrected chi connectivity index (χ1v) is 5.84. The monoisotopic (exact) mass is 236 g/mol. The van der Waals surface area contributed by atoms with Crippen LogP contribution in [0.5, 0.6) is 0 Å². The van der Waals surface area contributed by atoms with Crippen LogP contribution < -0.4 is 0 Å². The third-order valence-electron chi connectivity index (χ3n) is 1.83. The molecule has 2 nitrogen and oxygen atoms in total. The summed E-state index contributed by atoms with van der Waals surface area (Å²) in [6.07, 6.45) is 5.31. The van der Waals surface area contributed by atoms with Crippen molar-refractivity contribution < 1.29 is 0 Å². The molecule has 0 aliphatic rings. The predicted octanol–water partition coefficient (Wildman–Crippen LogP) is 3.42. The van der Waals surface area contributed by atoms with E-state index in [1.54, 1.807) is 36.4 Å². The summed E-state index contributed by atoms with van der Waals surface area (Å²) < 4.78 is 0. The van der Waals surface area contributed by atoms with Gasteiger partial charge in [0.25, 0.3) is 0 Å². The van der Waals surface area contributed by atoms with E-state index in [2.05, 4.69) is 9.97 Å². The second-order valence-corrected chi connectivity index (χ2v) is 4.39. The number of aromatic nitrogens is 2. The van der Waals surface area contributed by atoms with Gasteiger partial charge in [0.15, 0.2) is 0 Å². The van der Waals surface area contributed by atoms with Gasteiger partial charge >= 0.3 is 0 Å². The SMILES string of the molecule is Clc1ccnc(SCc2ccncc2)c1. The number of thioether (sulfide) groups is 1. The Hall–Kier alpha value is -1.06. The van der Waals surface area contributed by atoms with Gasteiger partial charge < -0.3 is 0 Å². The van der Waals surface area contributed by atoms with E-state index in [0.717, 1.165) is 15.8 Å². The lowest BCUT2D eigenvalue weighted by atomic mass is 10.3. The summed E-state index contributed by atoms with van der Waals surface area (Å²) in [4.78, 5) is 8.19. The Morgan fingerprint density at radius 3 is 2.67 bits per heavy atom. The fourth-order valence-corrected chi connectivity index (χ4v) is 2.18. The highest BCUT2D eigenvalue weighted by molar-refractivity contribution is 7.98. The normalized spacial score (nSPS) is 10.2. The first-order valence-electron chi connectivity index (χ1n) is 4.48. The molecule has 0 saturated carbocycles. The van der Waals surface area contributed by atoms with Gasteiger partial charge in [0.2, 0.25) is 0 Å². The molecule has 0 N–H and O–H groups in total. The van der Waals surface area contributed by atoms with Crippen molar-refractivity contribution in [3.63, 3.8) is 0 Å². The molecule has 0 bridgehead atoms. The molecule has 0 saturated heterocycles. The summed E-state index contributed by atoms with van der Waals surface area (Å²) in [5, 5.41) is 1.67. The van der Waals surface area contributed by atoms with Gasteiger partial charge in [0.05, 0.1) is 5.03 Å². The van der Waals surface area contributed by atoms with Crippen LogP contribution in [0, 0.1) is 0 Å². The molecule has 2 rings (SSSR count). The van der Waals surface area contributed by atoms with Crippen molar-refractivity contribution in [1.82, 2.24) is 9.97 Å². The summed E-state index contributed by atoms with van der Waals surface area (Å²) in [5.74, 6) is 0.885. The van der Waals surface area contributed by atoms with Gasteiger partial charge in [-0.05, 0) is 29.8 Å². The number of pyridine rings is 2. The van der Waals surface area contributed by atoms with Crippen LogP contribution in [-0.4, -0.2) is 9.97 Å². The molecule has 76 valence electrons. The number of nitrogens with zero attached hydrogens (tertiary/aromatic N) is 2. The van der Waals surface area contributed by atoms with E-state index in [1.807, 2.05) is 18.2 Å². The lowest BCUT2D eigenvalue weighted by Crippen LogP contribution is -1.83. The Labute approximate surface area is 97.7 Å². The highest BCUT2D eigenvalue weighted by atomic mass is 35.5. The summed E-state index contributed by atoms with van der Waals surface area (Å²) in [6.45, 7) is 0. The average Bonchev–Trinajstić information content (AvgIpc) is 2.28. The minimum Gasteiger partial charge on any atom is -0.265 e. The van der Waals surface area contributed by atoms with E-state index in [0.29, 0.717) is 0 Å². The molecular weight excluding hydrogens is 228 g/mol. The molecule has 0 aliphatic carbocycles. The number of rotatable bonds is 3. The average molecular weight is 237 g/mol. The van der Waals surface area contributed by atoms with E-state index >= 15 is 0 Å². The standard InChI is InChI=1S/C11H9ClN2S/c12-10-3-6-14-11(7-10)15-8-9-1-4-13-5-2-9/h1-7H,8H2. The highest BCUT2D eigenvalue weighted by Gasteiger charge is 1.97. The van der Waals surface area contributed by atoms with Crippen molar-refractivity contribution in [2.75, 3.05) is 0 Å². The minimum absolute atomic E-state index is 0.724. The Morgan fingerprint density at radius 1 is 1.13 bits per heavy atom. The van der Waals surface area contributed by atoms with Crippen LogP contribution in [0.1, 0.15) is 5.56 Å². The third kappa shape index (κ3) is 3.22. The van der Waals surface area contributed by atoms with Crippen molar-refractivity contribution in [2.45, 2.75) is 10.8 Å². The summed E-state index contributed by atoms with van der Waals surface area (Å²) in [6, 6.07) is 7.64. The second kappa shape index (κ2) is 5.14. The Morgan fingerprint density at radius 2 is 1.93 bits per heavy atom. The lowest BCUT2D eigenvalue weighted by Gasteiger charge is -2.00. The summed E-state index contributed by atoms with van der Waals surface area (Å²) in [7, 11) is 0. The molecule has 0 aliphatic heterocycles. The van der Waals surface area contributed by atoms with Gasteiger partial charge in [-0.3, -0.25) is 4.98 Å². The largest absolute Gasteiger partial charge is 0.265 e. The van der Waals surface area contributed by atoms with Gasteiger partial charge in [-0.2, -0.15) is 0 Å². The van der Waals surface area contributed by atoms with Crippen LogP contribution in [0.2, 0.25) is 5.02 Å². The van der Waals surface area contributed by atoms with Crippen LogP contribution in [0.15, 0.2) is 47.9 Å². The summed E-state index contributed by atoms with van der Waals surface area (Å²) >= 11 is 7.53. The smallest absolute Gasteiger partial charge is 0.0977 e. The maximum atomic E-state index is 5.86. The predicted molar refractivity (Wildman–Crippen MR) is 63.0 cm³/mol. The van der Waals surface area contributed by atoms with Crippen LogP contribution >= 0.6 is 23.4 Å². The molecule has 0 aromatic carbocycles. The van der Waals surface area contributed by atoms with Gasteiger partial charge in [-0.25, -0.2) is 4.98 Å². The first-order chi connectivity index (χ1) is 7.34.